The second-order valence-electron chi connectivity index (χ2n) is 9.03. The van der Waals surface area contributed by atoms with Crippen molar-refractivity contribution in [1.29, 1.82) is 0 Å². The highest BCUT2D eigenvalue weighted by Crippen LogP contribution is 2.33. The Bertz CT molecular complexity index is 1830. The molecular weight excluding hydrogens is 534 g/mol. The largest absolute Gasteiger partial charge is 0.491 e. The van der Waals surface area contributed by atoms with Crippen molar-refractivity contribution in [1.82, 2.24) is 34.1 Å². The fourth-order valence-electron chi connectivity index (χ4n) is 4.37. The Balaban J connectivity index is 1.78. The fourth-order valence-corrected chi connectivity index (χ4v) is 4.37. The molecule has 0 aliphatic carbocycles. The molecule has 0 saturated carbocycles. The lowest BCUT2D eigenvalue weighted by Gasteiger charge is -2.15. The van der Waals surface area contributed by atoms with Crippen molar-refractivity contribution in [3.05, 3.63) is 53.0 Å². The van der Waals surface area contributed by atoms with Gasteiger partial charge in [-0.05, 0) is 38.1 Å². The molecule has 16 heteroatoms. The summed E-state index contributed by atoms with van der Waals surface area (Å²) in [5, 5.41) is 16.4. The average Bonchev–Trinajstić information content (AvgIpc) is 3.59. The number of aliphatic hydroxyl groups is 1. The number of hydrogen-bond acceptors (Lipinski definition) is 10. The van der Waals surface area contributed by atoms with Gasteiger partial charge in [0.2, 0.25) is 23.7 Å². The summed E-state index contributed by atoms with van der Waals surface area (Å²) in [6.07, 6.45) is 1.57. The molecule has 0 aliphatic rings. The standard InChI is InChI=1S/C25H27N11O5/c1-3-34-17(7-12(2)33-34)23(40)32-25-31-15-8-13(20(26)38)10-18(41-6-4-5-37)19(15)35(25)36-22-16(30-24(36)28)9-14(11-29-22)21(27)39/h7-11,37H,3-6H2,1-2H3,(H2,26,38)(H2,27,39)(H2,28,30)(H,31,32,40). The molecule has 0 unspecified atom stereocenters. The number of nitrogens with one attached hydrogen (secondary N) is 1. The van der Waals surface area contributed by atoms with Gasteiger partial charge in [-0.15, -0.1) is 0 Å². The van der Waals surface area contributed by atoms with E-state index in [2.05, 4.69) is 25.4 Å². The van der Waals surface area contributed by atoms with E-state index in [1.54, 1.807) is 17.7 Å². The first kappa shape index (κ1) is 27.1. The van der Waals surface area contributed by atoms with E-state index < -0.39 is 17.7 Å². The van der Waals surface area contributed by atoms with Crippen LogP contribution in [0.25, 0.3) is 22.2 Å². The highest BCUT2D eigenvalue weighted by molar-refractivity contribution is 6.04. The quantitative estimate of drug-likeness (QED) is 0.147. The van der Waals surface area contributed by atoms with Crippen molar-refractivity contribution in [2.45, 2.75) is 26.8 Å². The fraction of sp³-hybridized carbons (Fsp3) is 0.240. The van der Waals surface area contributed by atoms with Crippen LogP contribution in [0.3, 0.4) is 0 Å². The molecule has 0 radical (unpaired) electrons. The zero-order valence-corrected chi connectivity index (χ0v) is 22.2. The van der Waals surface area contributed by atoms with Crippen molar-refractivity contribution < 1.29 is 24.2 Å². The van der Waals surface area contributed by atoms with E-state index in [4.69, 9.17) is 21.9 Å². The molecule has 0 aliphatic heterocycles. The van der Waals surface area contributed by atoms with Gasteiger partial charge in [0.05, 0.1) is 23.4 Å². The lowest BCUT2D eigenvalue weighted by Crippen LogP contribution is -2.23. The number of anilines is 2. The molecular formula is C25H27N11O5. The molecule has 5 rings (SSSR count). The Labute approximate surface area is 231 Å². The summed E-state index contributed by atoms with van der Waals surface area (Å²) >= 11 is 0. The Morgan fingerprint density at radius 3 is 2.44 bits per heavy atom. The van der Waals surface area contributed by atoms with Crippen molar-refractivity contribution >= 4 is 51.8 Å². The molecule has 16 nitrogen and oxygen atoms in total. The summed E-state index contributed by atoms with van der Waals surface area (Å²) in [6, 6.07) is 5.93. The maximum absolute atomic E-state index is 13.5. The van der Waals surface area contributed by atoms with Crippen LogP contribution in [0.15, 0.2) is 30.5 Å². The normalized spacial score (nSPS) is 11.3. The maximum Gasteiger partial charge on any atom is 0.276 e. The summed E-state index contributed by atoms with van der Waals surface area (Å²) in [7, 11) is 0. The average molecular weight is 562 g/mol. The number of imidazole rings is 2. The molecule has 0 spiro atoms. The number of nitrogens with zero attached hydrogens (tertiary/aromatic N) is 7. The number of nitrogens with two attached hydrogens (primary N) is 3. The number of aliphatic hydroxyl groups excluding tert-OH is 1. The van der Waals surface area contributed by atoms with Crippen LogP contribution in [-0.4, -0.2) is 70.1 Å². The smallest absolute Gasteiger partial charge is 0.276 e. The molecule has 4 aromatic heterocycles. The van der Waals surface area contributed by atoms with E-state index in [1.807, 2.05) is 6.92 Å². The predicted octanol–water partition coefficient (Wildman–Crippen LogP) is 0.411. The third-order valence-corrected chi connectivity index (χ3v) is 6.18. The zero-order valence-electron chi connectivity index (χ0n) is 22.2. The minimum atomic E-state index is -0.727. The number of carbonyl (C=O) groups excluding carboxylic acids is 3. The number of carbonyl (C=O) groups is 3. The van der Waals surface area contributed by atoms with Crippen molar-refractivity contribution in [2.24, 2.45) is 11.5 Å². The molecule has 5 aromatic rings. The Kier molecular flexibility index (Phi) is 6.98. The zero-order chi connectivity index (χ0) is 29.4. The second kappa shape index (κ2) is 10.6. The third kappa shape index (κ3) is 4.87. The van der Waals surface area contributed by atoms with Crippen LogP contribution >= 0.6 is 0 Å². The number of pyridine rings is 1. The Morgan fingerprint density at radius 1 is 1.02 bits per heavy atom. The lowest BCUT2D eigenvalue weighted by molar-refractivity contribution is 0.0991. The minimum absolute atomic E-state index is 0.0214. The van der Waals surface area contributed by atoms with Gasteiger partial charge in [-0.1, -0.05) is 0 Å². The van der Waals surface area contributed by atoms with Gasteiger partial charge in [-0.2, -0.15) is 9.77 Å². The molecule has 0 bridgehead atoms. The summed E-state index contributed by atoms with van der Waals surface area (Å²) in [5.41, 5.74) is 19.4. The third-order valence-electron chi connectivity index (χ3n) is 6.18. The number of ether oxygens (including phenoxy) is 1. The number of nitrogen functional groups attached to an aromatic ring is 1. The van der Waals surface area contributed by atoms with Crippen LogP contribution in [0.4, 0.5) is 11.9 Å². The number of rotatable bonds is 10. The van der Waals surface area contributed by atoms with Crippen molar-refractivity contribution in [2.75, 3.05) is 24.3 Å². The van der Waals surface area contributed by atoms with Crippen LogP contribution < -0.4 is 27.3 Å². The first-order valence-electron chi connectivity index (χ1n) is 12.5. The van der Waals surface area contributed by atoms with E-state index >= 15 is 0 Å². The van der Waals surface area contributed by atoms with Gasteiger partial charge < -0.3 is 27.0 Å². The van der Waals surface area contributed by atoms with Gasteiger partial charge in [0.25, 0.3) is 5.91 Å². The van der Waals surface area contributed by atoms with Gasteiger partial charge in [0.1, 0.15) is 22.5 Å². The summed E-state index contributed by atoms with van der Waals surface area (Å²) < 4.78 is 10.3. The Hall–Kier alpha value is -5.51. The van der Waals surface area contributed by atoms with Crippen LogP contribution in [0.2, 0.25) is 0 Å². The van der Waals surface area contributed by atoms with Gasteiger partial charge >= 0.3 is 0 Å². The van der Waals surface area contributed by atoms with Crippen LogP contribution in [-0.2, 0) is 6.54 Å². The molecule has 1 aromatic carbocycles. The van der Waals surface area contributed by atoms with Crippen molar-refractivity contribution in [3.63, 3.8) is 0 Å². The van der Waals surface area contributed by atoms with Crippen LogP contribution in [0, 0.1) is 6.92 Å². The number of primary amides is 2. The second-order valence-corrected chi connectivity index (χ2v) is 9.03. The molecule has 0 atom stereocenters. The van der Waals surface area contributed by atoms with E-state index in [0.717, 1.165) is 0 Å². The van der Waals surface area contributed by atoms with Crippen LogP contribution in [0.5, 0.6) is 5.75 Å². The Morgan fingerprint density at radius 2 is 1.76 bits per heavy atom. The van der Waals surface area contributed by atoms with Gasteiger partial charge in [0.15, 0.2) is 5.65 Å². The van der Waals surface area contributed by atoms with Gasteiger partial charge in [-0.3, -0.25) is 24.4 Å². The van der Waals surface area contributed by atoms with Gasteiger partial charge in [0, 0.05) is 31.3 Å². The highest BCUT2D eigenvalue weighted by Gasteiger charge is 2.26. The minimum Gasteiger partial charge on any atom is -0.491 e. The molecule has 8 N–H and O–H groups in total. The first-order chi connectivity index (χ1) is 19.6. The molecule has 4 heterocycles. The molecule has 212 valence electrons. The number of benzene rings is 1. The summed E-state index contributed by atoms with van der Waals surface area (Å²) in [4.78, 5) is 50.6. The predicted molar refractivity (Wildman–Crippen MR) is 147 cm³/mol. The lowest BCUT2D eigenvalue weighted by atomic mass is 10.1. The maximum atomic E-state index is 13.5. The number of fused-ring (bicyclic) bond motifs is 2. The topological polar surface area (TPSA) is 237 Å². The number of hydrogen-bond donors (Lipinski definition) is 5. The highest BCUT2D eigenvalue weighted by atomic mass is 16.5. The SMILES string of the molecule is CCn1nc(C)cc1C(=O)Nc1nc2cc(C(N)=O)cc(OCCCO)c2n1-n1c(N)nc2cc(C(N)=O)cnc21. The number of aryl methyl sites for hydroxylation is 2. The number of aromatic nitrogens is 7. The molecule has 0 fully saturated rings. The molecule has 41 heavy (non-hydrogen) atoms. The van der Waals surface area contributed by atoms with E-state index in [1.165, 1.54) is 33.7 Å². The van der Waals surface area contributed by atoms with Crippen LogP contribution in [0.1, 0.15) is 50.2 Å². The summed E-state index contributed by atoms with van der Waals surface area (Å²) in [5.74, 6) is -1.87. The number of amides is 3. The van der Waals surface area contributed by atoms with Crippen molar-refractivity contribution in [3.8, 4) is 5.75 Å². The van der Waals surface area contributed by atoms with E-state index in [9.17, 15) is 19.5 Å². The molecule has 3 amide bonds. The first-order valence-corrected chi connectivity index (χ1v) is 12.5. The monoisotopic (exact) mass is 561 g/mol. The summed E-state index contributed by atoms with van der Waals surface area (Å²) in [6.45, 7) is 4.03. The molecule has 0 saturated heterocycles. The van der Waals surface area contributed by atoms with Gasteiger partial charge in [-0.25, -0.2) is 19.6 Å². The van der Waals surface area contributed by atoms with E-state index in [-0.39, 0.29) is 69.9 Å². The van der Waals surface area contributed by atoms with E-state index in [0.29, 0.717) is 18.7 Å².